The first kappa shape index (κ1) is 13.8. The zero-order valence-corrected chi connectivity index (χ0v) is 10.1. The van der Waals surface area contributed by atoms with Crippen LogP contribution in [0.25, 0.3) is 0 Å². The van der Waals surface area contributed by atoms with Crippen molar-refractivity contribution in [2.45, 2.75) is 38.8 Å². The van der Waals surface area contributed by atoms with Crippen molar-refractivity contribution in [2.75, 3.05) is 32.8 Å². The first-order valence-electron chi connectivity index (χ1n) is 5.96. The van der Waals surface area contributed by atoms with E-state index in [1.54, 1.807) is 0 Å². The predicted molar refractivity (Wildman–Crippen MR) is 59.9 cm³/mol. The number of alkyl halides is 2. The van der Waals surface area contributed by atoms with Gasteiger partial charge in [0.1, 0.15) is 6.61 Å². The van der Waals surface area contributed by atoms with E-state index in [4.69, 9.17) is 4.74 Å². The molecular formula is C11H22F2N2O. The van der Waals surface area contributed by atoms with Crippen LogP contribution in [0.4, 0.5) is 8.78 Å². The molecule has 5 heteroatoms. The summed E-state index contributed by atoms with van der Waals surface area (Å²) >= 11 is 0. The van der Waals surface area contributed by atoms with Crippen LogP contribution < -0.4 is 5.32 Å². The third kappa shape index (κ3) is 4.72. The molecule has 1 heterocycles. The Balaban J connectivity index is 2.21. The molecule has 1 aliphatic rings. The summed E-state index contributed by atoms with van der Waals surface area (Å²) in [5, 5.41) is 3.42. The summed E-state index contributed by atoms with van der Waals surface area (Å²) < 4.78 is 28.6. The van der Waals surface area contributed by atoms with Crippen LogP contribution in [0.15, 0.2) is 0 Å². The van der Waals surface area contributed by atoms with Gasteiger partial charge in [0.15, 0.2) is 0 Å². The molecule has 0 spiro atoms. The zero-order chi connectivity index (χ0) is 12.0. The van der Waals surface area contributed by atoms with Crippen LogP contribution in [0.3, 0.4) is 0 Å². The smallest absolute Gasteiger partial charge is 0.261 e. The van der Waals surface area contributed by atoms with Crippen molar-refractivity contribution in [1.82, 2.24) is 10.2 Å². The minimum Gasteiger partial charge on any atom is -0.374 e. The molecular weight excluding hydrogens is 214 g/mol. The van der Waals surface area contributed by atoms with Crippen molar-refractivity contribution in [3.63, 3.8) is 0 Å². The molecule has 16 heavy (non-hydrogen) atoms. The Labute approximate surface area is 96.1 Å². The average molecular weight is 236 g/mol. The van der Waals surface area contributed by atoms with Crippen LogP contribution in [0.2, 0.25) is 0 Å². The van der Waals surface area contributed by atoms with Crippen LogP contribution >= 0.6 is 0 Å². The highest BCUT2D eigenvalue weighted by Crippen LogP contribution is 2.09. The van der Waals surface area contributed by atoms with Gasteiger partial charge in [-0.1, -0.05) is 6.92 Å². The molecule has 0 aromatic rings. The zero-order valence-electron chi connectivity index (χ0n) is 10.1. The van der Waals surface area contributed by atoms with Gasteiger partial charge in [0, 0.05) is 31.7 Å². The number of halogens is 2. The molecule has 3 nitrogen and oxygen atoms in total. The Kier molecular flexibility index (Phi) is 6.16. The minimum atomic E-state index is -2.36. The van der Waals surface area contributed by atoms with Gasteiger partial charge in [-0.15, -0.1) is 0 Å². The third-order valence-electron chi connectivity index (χ3n) is 2.96. The third-order valence-corrected chi connectivity index (χ3v) is 2.96. The molecule has 0 aromatic heterocycles. The fourth-order valence-electron chi connectivity index (χ4n) is 2.06. The number of nitrogens with one attached hydrogen (secondary N) is 1. The van der Waals surface area contributed by atoms with Crippen molar-refractivity contribution in [2.24, 2.45) is 0 Å². The molecule has 0 aliphatic carbocycles. The maximum atomic E-state index is 11.9. The molecule has 0 saturated carbocycles. The molecule has 0 bridgehead atoms. The van der Waals surface area contributed by atoms with E-state index in [2.05, 4.69) is 24.1 Å². The van der Waals surface area contributed by atoms with Gasteiger partial charge in [-0.25, -0.2) is 8.78 Å². The van der Waals surface area contributed by atoms with Gasteiger partial charge in [0.05, 0.1) is 6.61 Å². The molecule has 96 valence electrons. The summed E-state index contributed by atoms with van der Waals surface area (Å²) in [6, 6.07) is 0.976. The van der Waals surface area contributed by atoms with Gasteiger partial charge >= 0.3 is 0 Å². The lowest BCUT2D eigenvalue weighted by molar-refractivity contribution is 0.00156. The van der Waals surface area contributed by atoms with Gasteiger partial charge in [-0.05, 0) is 13.3 Å². The van der Waals surface area contributed by atoms with Crippen LogP contribution in [-0.2, 0) is 4.74 Å². The fraction of sp³-hybridized carbons (Fsp3) is 1.00. The quantitative estimate of drug-likeness (QED) is 0.704. The van der Waals surface area contributed by atoms with Crippen molar-refractivity contribution in [3.05, 3.63) is 0 Å². The normalized spacial score (nSPS) is 27.6. The second-order valence-corrected chi connectivity index (χ2v) is 4.33. The molecule has 1 fully saturated rings. The molecule has 0 radical (unpaired) electrons. The Morgan fingerprint density at radius 3 is 2.88 bits per heavy atom. The Hall–Kier alpha value is -0.260. The fourth-order valence-corrected chi connectivity index (χ4v) is 2.06. The van der Waals surface area contributed by atoms with Crippen LogP contribution in [-0.4, -0.2) is 56.3 Å². The van der Waals surface area contributed by atoms with E-state index in [9.17, 15) is 8.78 Å². The Morgan fingerprint density at radius 1 is 1.50 bits per heavy atom. The first-order chi connectivity index (χ1) is 7.63. The lowest BCUT2D eigenvalue weighted by atomic mass is 10.1. The van der Waals surface area contributed by atoms with Crippen LogP contribution in [0.1, 0.15) is 20.3 Å². The lowest BCUT2D eigenvalue weighted by Gasteiger charge is -2.38. The van der Waals surface area contributed by atoms with Gasteiger partial charge in [0.25, 0.3) is 6.43 Å². The highest BCUT2D eigenvalue weighted by Gasteiger charge is 2.23. The van der Waals surface area contributed by atoms with E-state index in [-0.39, 0.29) is 0 Å². The maximum absolute atomic E-state index is 11.9. The molecule has 1 N–H and O–H groups in total. The minimum absolute atomic E-state index is 0.396. The number of rotatable bonds is 6. The highest BCUT2D eigenvalue weighted by molar-refractivity contribution is 4.82. The van der Waals surface area contributed by atoms with Gasteiger partial charge in [-0.3, -0.25) is 4.90 Å². The molecule has 1 aliphatic heterocycles. The van der Waals surface area contributed by atoms with E-state index in [1.165, 1.54) is 0 Å². The van der Waals surface area contributed by atoms with Crippen molar-refractivity contribution < 1.29 is 13.5 Å². The predicted octanol–water partition coefficient (Wildman–Crippen LogP) is 1.34. The molecule has 2 unspecified atom stereocenters. The summed E-state index contributed by atoms with van der Waals surface area (Å²) in [7, 11) is 0. The van der Waals surface area contributed by atoms with E-state index < -0.39 is 13.0 Å². The van der Waals surface area contributed by atoms with E-state index in [0.717, 1.165) is 26.1 Å². The second-order valence-electron chi connectivity index (χ2n) is 4.33. The number of hydrogen-bond acceptors (Lipinski definition) is 3. The van der Waals surface area contributed by atoms with Crippen LogP contribution in [0.5, 0.6) is 0 Å². The first-order valence-corrected chi connectivity index (χ1v) is 5.96. The van der Waals surface area contributed by atoms with Gasteiger partial charge < -0.3 is 10.1 Å². The molecule has 1 saturated heterocycles. The van der Waals surface area contributed by atoms with Gasteiger partial charge in [-0.2, -0.15) is 0 Å². The summed E-state index contributed by atoms with van der Waals surface area (Å²) in [5.41, 5.74) is 0. The maximum Gasteiger partial charge on any atom is 0.261 e. The number of nitrogens with zero attached hydrogens (tertiary/aromatic N) is 1. The highest BCUT2D eigenvalue weighted by atomic mass is 19.3. The van der Waals surface area contributed by atoms with Crippen molar-refractivity contribution in [3.8, 4) is 0 Å². The second kappa shape index (κ2) is 7.14. The number of piperazine rings is 1. The lowest BCUT2D eigenvalue weighted by Crippen LogP contribution is -2.55. The summed E-state index contributed by atoms with van der Waals surface area (Å²) in [6.45, 7) is 6.93. The van der Waals surface area contributed by atoms with Crippen molar-refractivity contribution >= 4 is 0 Å². The van der Waals surface area contributed by atoms with E-state index >= 15 is 0 Å². The van der Waals surface area contributed by atoms with E-state index in [0.29, 0.717) is 18.7 Å². The van der Waals surface area contributed by atoms with Crippen LogP contribution in [0, 0.1) is 0 Å². The average Bonchev–Trinajstić information content (AvgIpc) is 2.24. The molecule has 0 aromatic carbocycles. The Morgan fingerprint density at radius 2 is 2.25 bits per heavy atom. The topological polar surface area (TPSA) is 24.5 Å². The molecule has 0 amide bonds. The summed E-state index contributed by atoms with van der Waals surface area (Å²) in [4.78, 5) is 2.33. The molecule has 2 atom stereocenters. The molecule has 1 rings (SSSR count). The summed E-state index contributed by atoms with van der Waals surface area (Å²) in [6.07, 6.45) is -1.28. The Bertz CT molecular complexity index is 193. The largest absolute Gasteiger partial charge is 0.374 e. The standard InChI is InChI=1S/C11H22F2N2O/c1-3-10-6-14-9(2)7-15(10)4-5-16-8-11(12)13/h9-11,14H,3-8H2,1-2H3. The van der Waals surface area contributed by atoms with Crippen molar-refractivity contribution in [1.29, 1.82) is 0 Å². The summed E-state index contributed by atoms with van der Waals surface area (Å²) in [5.74, 6) is 0. The monoisotopic (exact) mass is 236 g/mol. The number of ether oxygens (including phenoxy) is 1. The SMILES string of the molecule is CCC1CNC(C)CN1CCOCC(F)F. The van der Waals surface area contributed by atoms with E-state index in [1.807, 2.05) is 0 Å². The van der Waals surface area contributed by atoms with Gasteiger partial charge in [0.2, 0.25) is 0 Å². The number of hydrogen-bond donors (Lipinski definition) is 1.